The molecule has 0 spiro atoms. The number of benzene rings is 2. The Morgan fingerprint density at radius 2 is 1.50 bits per heavy atom. The van der Waals surface area contributed by atoms with Gasteiger partial charge in [-0.1, -0.05) is 55.5 Å². The second-order valence-electron chi connectivity index (χ2n) is 4.52. The van der Waals surface area contributed by atoms with Crippen molar-refractivity contribution in [3.8, 4) is 0 Å². The first-order valence-corrected chi connectivity index (χ1v) is 6.71. The lowest BCUT2D eigenvalue weighted by Crippen LogP contribution is -2.28. The van der Waals surface area contributed by atoms with E-state index >= 15 is 0 Å². The number of anilines is 2. The zero-order chi connectivity index (χ0) is 12.5. The van der Waals surface area contributed by atoms with E-state index in [0.717, 1.165) is 17.8 Å². The largest absolute Gasteiger partial charge is 0.304 e. The number of para-hydroxylation sites is 2. The quantitative estimate of drug-likeness (QED) is 0.690. The van der Waals surface area contributed by atoms with Crippen LogP contribution in [0.25, 0.3) is 0 Å². The number of hydrogen-bond donors (Lipinski definition) is 0. The maximum absolute atomic E-state index is 5.55. The van der Waals surface area contributed by atoms with Gasteiger partial charge in [0.05, 0.1) is 16.4 Å². The molecule has 0 N–H and O–H groups in total. The van der Waals surface area contributed by atoms with E-state index in [-0.39, 0.29) is 0 Å². The van der Waals surface area contributed by atoms with Crippen LogP contribution in [0, 0.1) is 0 Å². The van der Waals surface area contributed by atoms with Crippen LogP contribution in [0.2, 0.25) is 0 Å². The van der Waals surface area contributed by atoms with Gasteiger partial charge in [-0.25, -0.2) is 0 Å². The van der Waals surface area contributed by atoms with E-state index in [1.54, 1.807) is 0 Å². The summed E-state index contributed by atoms with van der Waals surface area (Å²) in [6.07, 6.45) is 1.88. The summed E-state index contributed by atoms with van der Waals surface area (Å²) >= 11 is 5.55. The summed E-state index contributed by atoms with van der Waals surface area (Å²) in [6, 6.07) is 17.1. The highest BCUT2D eigenvalue weighted by atomic mass is 32.1. The third-order valence-corrected chi connectivity index (χ3v) is 3.87. The molecule has 1 heterocycles. The normalized spacial score (nSPS) is 12.8. The molecule has 0 bridgehead atoms. The molecule has 0 atom stereocenters. The molecular weight excluding hydrogens is 238 g/mol. The van der Waals surface area contributed by atoms with Crippen LogP contribution >= 0.6 is 12.2 Å². The van der Waals surface area contributed by atoms with Crippen LogP contribution in [-0.4, -0.2) is 4.99 Å². The van der Waals surface area contributed by atoms with E-state index in [0.29, 0.717) is 0 Å². The fourth-order valence-corrected chi connectivity index (χ4v) is 2.72. The average Bonchev–Trinajstić information content (AvgIpc) is 2.44. The SMILES string of the molecule is CCC(=S)N1c2ccccc2Cc2ccccc21. The van der Waals surface area contributed by atoms with Crippen LogP contribution in [-0.2, 0) is 6.42 Å². The monoisotopic (exact) mass is 253 g/mol. The van der Waals surface area contributed by atoms with Gasteiger partial charge in [-0.2, -0.15) is 0 Å². The number of hydrogen-bond acceptors (Lipinski definition) is 1. The van der Waals surface area contributed by atoms with Crippen LogP contribution in [0.5, 0.6) is 0 Å². The smallest absolute Gasteiger partial charge is 0.0866 e. The molecule has 2 aromatic rings. The topological polar surface area (TPSA) is 3.24 Å². The zero-order valence-electron chi connectivity index (χ0n) is 10.4. The molecule has 3 rings (SSSR count). The Balaban J connectivity index is 2.20. The molecule has 0 saturated carbocycles. The van der Waals surface area contributed by atoms with E-state index in [1.807, 2.05) is 0 Å². The first kappa shape index (κ1) is 11.4. The Labute approximate surface area is 113 Å². The highest BCUT2D eigenvalue weighted by molar-refractivity contribution is 7.80. The van der Waals surface area contributed by atoms with E-state index in [4.69, 9.17) is 12.2 Å². The van der Waals surface area contributed by atoms with E-state index < -0.39 is 0 Å². The van der Waals surface area contributed by atoms with Crippen molar-refractivity contribution in [2.24, 2.45) is 0 Å². The molecule has 0 unspecified atom stereocenters. The molecular formula is C16H15NS. The Morgan fingerprint density at radius 3 is 2.00 bits per heavy atom. The van der Waals surface area contributed by atoms with Gasteiger partial charge in [-0.15, -0.1) is 0 Å². The summed E-state index contributed by atoms with van der Waals surface area (Å²) in [5.41, 5.74) is 5.19. The van der Waals surface area contributed by atoms with Gasteiger partial charge in [0.1, 0.15) is 0 Å². The van der Waals surface area contributed by atoms with Crippen molar-refractivity contribution in [3.05, 3.63) is 59.7 Å². The van der Waals surface area contributed by atoms with Gasteiger partial charge in [-0.3, -0.25) is 0 Å². The fourth-order valence-electron chi connectivity index (χ4n) is 2.52. The summed E-state index contributed by atoms with van der Waals surface area (Å²) in [6.45, 7) is 2.11. The van der Waals surface area contributed by atoms with Crippen LogP contribution in [0.4, 0.5) is 11.4 Å². The second kappa shape index (κ2) is 4.54. The van der Waals surface area contributed by atoms with Crippen molar-refractivity contribution < 1.29 is 0 Å². The maximum Gasteiger partial charge on any atom is 0.0866 e. The Hall–Kier alpha value is -1.67. The molecule has 0 radical (unpaired) electrons. The lowest BCUT2D eigenvalue weighted by molar-refractivity contribution is 1.09. The lowest BCUT2D eigenvalue weighted by atomic mass is 9.95. The van der Waals surface area contributed by atoms with Crippen molar-refractivity contribution in [2.45, 2.75) is 19.8 Å². The molecule has 1 nitrogen and oxygen atoms in total. The summed E-state index contributed by atoms with van der Waals surface area (Å²) < 4.78 is 0. The Kier molecular flexibility index (Phi) is 2.88. The van der Waals surface area contributed by atoms with Gasteiger partial charge in [-0.05, 0) is 29.7 Å². The molecule has 90 valence electrons. The van der Waals surface area contributed by atoms with Crippen LogP contribution < -0.4 is 4.90 Å². The van der Waals surface area contributed by atoms with Crippen LogP contribution in [0.3, 0.4) is 0 Å². The lowest BCUT2D eigenvalue weighted by Gasteiger charge is -2.33. The van der Waals surface area contributed by atoms with Gasteiger partial charge in [0.15, 0.2) is 0 Å². The van der Waals surface area contributed by atoms with Gasteiger partial charge < -0.3 is 4.90 Å². The predicted octanol–water partition coefficient (Wildman–Crippen LogP) is 4.47. The molecule has 18 heavy (non-hydrogen) atoms. The molecule has 0 saturated heterocycles. The molecule has 2 heteroatoms. The van der Waals surface area contributed by atoms with Gasteiger partial charge in [0.2, 0.25) is 0 Å². The molecule has 0 aliphatic carbocycles. The molecule has 0 amide bonds. The third-order valence-electron chi connectivity index (χ3n) is 3.40. The van der Waals surface area contributed by atoms with E-state index in [9.17, 15) is 0 Å². The Bertz CT molecular complexity index is 558. The summed E-state index contributed by atoms with van der Waals surface area (Å²) in [4.78, 5) is 3.21. The van der Waals surface area contributed by atoms with Crippen molar-refractivity contribution >= 4 is 28.6 Å². The van der Waals surface area contributed by atoms with Gasteiger partial charge >= 0.3 is 0 Å². The third kappa shape index (κ3) is 1.73. The number of nitrogens with zero attached hydrogens (tertiary/aromatic N) is 1. The second-order valence-corrected chi connectivity index (χ2v) is 4.99. The van der Waals surface area contributed by atoms with E-state index in [2.05, 4.69) is 60.4 Å². The first-order valence-electron chi connectivity index (χ1n) is 6.30. The highest BCUT2D eigenvalue weighted by Crippen LogP contribution is 2.38. The molecule has 2 aromatic carbocycles. The summed E-state index contributed by atoms with van der Waals surface area (Å²) in [5, 5.41) is 0. The average molecular weight is 253 g/mol. The van der Waals surface area contributed by atoms with Crippen molar-refractivity contribution in [1.29, 1.82) is 0 Å². The van der Waals surface area contributed by atoms with Gasteiger partial charge in [0, 0.05) is 6.42 Å². The first-order chi connectivity index (χ1) is 8.81. The molecule has 0 fully saturated rings. The number of thiocarbonyl (C=S) groups is 1. The highest BCUT2D eigenvalue weighted by Gasteiger charge is 2.23. The van der Waals surface area contributed by atoms with E-state index in [1.165, 1.54) is 22.5 Å². The maximum atomic E-state index is 5.55. The van der Waals surface area contributed by atoms with Crippen LogP contribution in [0.15, 0.2) is 48.5 Å². The molecule has 0 aromatic heterocycles. The minimum absolute atomic E-state index is 0.887. The minimum Gasteiger partial charge on any atom is -0.304 e. The van der Waals surface area contributed by atoms with Gasteiger partial charge in [0.25, 0.3) is 0 Å². The number of rotatable bonds is 1. The van der Waals surface area contributed by atoms with Crippen molar-refractivity contribution in [2.75, 3.05) is 4.90 Å². The van der Waals surface area contributed by atoms with Crippen molar-refractivity contribution in [1.82, 2.24) is 0 Å². The molecule has 1 aliphatic heterocycles. The summed E-state index contributed by atoms with van der Waals surface area (Å²) in [5.74, 6) is 0. The fraction of sp³-hybridized carbons (Fsp3) is 0.188. The zero-order valence-corrected chi connectivity index (χ0v) is 11.2. The summed E-state index contributed by atoms with van der Waals surface area (Å²) in [7, 11) is 0. The predicted molar refractivity (Wildman–Crippen MR) is 80.7 cm³/mol. The Morgan fingerprint density at radius 1 is 1.00 bits per heavy atom. The van der Waals surface area contributed by atoms with Crippen molar-refractivity contribution in [3.63, 3.8) is 0 Å². The van der Waals surface area contributed by atoms with Crippen LogP contribution in [0.1, 0.15) is 24.5 Å². The standard InChI is InChI=1S/C16H15NS/c1-2-16(18)17-14-9-5-3-7-12(14)11-13-8-4-6-10-15(13)17/h3-10H,2,11H2,1H3. The molecule has 1 aliphatic rings. The minimum atomic E-state index is 0.887. The number of fused-ring (bicyclic) bond motifs is 2.